The molecule has 4 aliphatic rings. The SMILES string of the molecule is CCC(C)(C)C(=O)O.CCC(C)(C)C(=O)O.CCC(C)(C)C(=O)OC(CC(C)(C)C)OC(C)C.CCC(C)(C)C(=O)OC(CC(C)(C)C)OC(C)C.CCC(C)(C)C(=O)OC1C2CC3C(=O)OC1C3C2.CCC(C)c1ccc(O)cc1.CCC(C)c1ccc(O)cc1.CCC(C)c1ccc(OC(CC(C)(C)C)OC(C)C)cc1.CCC(C)c1ccc(OC(CC(C)(C)C)OC2CCCCC2)cc1. The molecule has 4 aromatic carbocycles. The van der Waals surface area contributed by atoms with Gasteiger partial charge in [0.1, 0.15) is 35.2 Å². The van der Waals surface area contributed by atoms with Crippen LogP contribution in [0.25, 0.3) is 0 Å². The van der Waals surface area contributed by atoms with Crippen molar-refractivity contribution < 1.29 is 96.6 Å². The van der Waals surface area contributed by atoms with E-state index < -0.39 is 51.6 Å². The Morgan fingerprint density at radius 3 is 0.920 bits per heavy atom. The van der Waals surface area contributed by atoms with E-state index in [9.17, 15) is 28.8 Å². The molecule has 2 bridgehead atoms. The highest BCUT2D eigenvalue weighted by Gasteiger charge is 2.63. The van der Waals surface area contributed by atoms with E-state index in [1.807, 2.05) is 142 Å². The second-order valence-electron chi connectivity index (χ2n) is 47.4. The molecular weight excluding hydrogens is 1730 g/mol. The molecular formula is C117H200O20. The number of aliphatic carboxylic acids is 2. The second-order valence-corrected chi connectivity index (χ2v) is 47.4. The van der Waals surface area contributed by atoms with Crippen LogP contribution in [0.15, 0.2) is 97.1 Å². The molecule has 3 aliphatic carbocycles. The van der Waals surface area contributed by atoms with Gasteiger partial charge in [0.15, 0.2) is 0 Å². The zero-order chi connectivity index (χ0) is 106. The lowest BCUT2D eigenvalue weighted by atomic mass is 9.87. The molecule has 1 heterocycles. The van der Waals surface area contributed by atoms with Crippen LogP contribution in [0.5, 0.6) is 23.0 Å². The van der Waals surface area contributed by atoms with E-state index in [0.717, 1.165) is 82.1 Å². The van der Waals surface area contributed by atoms with Gasteiger partial charge in [-0.3, -0.25) is 28.8 Å². The molecule has 8 rings (SSSR count). The fourth-order valence-electron chi connectivity index (χ4n) is 14.0. The van der Waals surface area contributed by atoms with E-state index in [0.29, 0.717) is 78.8 Å². The molecule has 0 amide bonds. The van der Waals surface area contributed by atoms with Gasteiger partial charge in [-0.1, -0.05) is 241 Å². The van der Waals surface area contributed by atoms with E-state index in [-0.39, 0.29) is 94.6 Å². The number of carbonyl (C=O) groups excluding carboxylic acids is 4. The van der Waals surface area contributed by atoms with Gasteiger partial charge in [-0.25, -0.2) is 0 Å². The number of carboxylic acids is 2. The first-order chi connectivity index (χ1) is 62.9. The highest BCUT2D eigenvalue weighted by atomic mass is 16.7. The summed E-state index contributed by atoms with van der Waals surface area (Å²) >= 11 is 0. The van der Waals surface area contributed by atoms with Gasteiger partial charge in [-0.15, -0.1) is 0 Å². The van der Waals surface area contributed by atoms with Crippen molar-refractivity contribution in [2.24, 2.45) is 66.5 Å². The molecule has 4 aromatic rings. The molecule has 0 radical (unpaired) electrons. The molecule has 4 N–H and O–H groups in total. The van der Waals surface area contributed by atoms with E-state index in [1.54, 1.807) is 52.0 Å². The molecule has 0 aromatic heterocycles. The van der Waals surface area contributed by atoms with Crippen molar-refractivity contribution >= 4 is 35.8 Å². The minimum atomic E-state index is -0.722. The van der Waals surface area contributed by atoms with Crippen molar-refractivity contribution in [2.45, 2.75) is 498 Å². The van der Waals surface area contributed by atoms with Gasteiger partial charge in [-0.05, 0) is 310 Å². The summed E-state index contributed by atoms with van der Waals surface area (Å²) in [5.41, 5.74) is 3.40. The first-order valence-electron chi connectivity index (χ1n) is 52.0. The summed E-state index contributed by atoms with van der Waals surface area (Å²) in [6.07, 6.45) is 18.5. The van der Waals surface area contributed by atoms with Crippen LogP contribution in [0.2, 0.25) is 0 Å². The summed E-state index contributed by atoms with van der Waals surface area (Å²) in [5.74, 6) is 3.53. The lowest BCUT2D eigenvalue weighted by molar-refractivity contribution is -0.203. The quantitative estimate of drug-likeness (QED) is 0.0185. The molecule has 4 fully saturated rings. The summed E-state index contributed by atoms with van der Waals surface area (Å²) < 4.78 is 58.0. The third-order valence-electron chi connectivity index (χ3n) is 26.5. The van der Waals surface area contributed by atoms with Crippen LogP contribution in [-0.4, -0.2) is 118 Å². The predicted octanol–water partition coefficient (Wildman–Crippen LogP) is 31.5. The maximum atomic E-state index is 12.1. The van der Waals surface area contributed by atoms with Gasteiger partial charge >= 0.3 is 35.8 Å². The number of fused-ring (bicyclic) bond motifs is 1. The maximum Gasteiger partial charge on any atom is 0.313 e. The Morgan fingerprint density at radius 1 is 0.365 bits per heavy atom. The van der Waals surface area contributed by atoms with Crippen LogP contribution in [0.1, 0.15) is 458 Å². The van der Waals surface area contributed by atoms with Crippen LogP contribution in [-0.2, 0) is 66.7 Å². The molecule has 0 spiro atoms. The Balaban J connectivity index is 0.00000155. The fraction of sp³-hybridized carbons (Fsp3) is 0.744. The number of hydrogen-bond acceptors (Lipinski definition) is 18. The number of carbonyl (C=O) groups is 6. The molecule has 13 atom stereocenters. The largest absolute Gasteiger partial charge is 0.508 e. The zero-order valence-corrected chi connectivity index (χ0v) is 94.0. The highest BCUT2D eigenvalue weighted by molar-refractivity contribution is 5.79. The predicted molar refractivity (Wildman–Crippen MR) is 561 cm³/mol. The maximum absolute atomic E-state index is 12.1. The van der Waals surface area contributed by atoms with Crippen LogP contribution in [0, 0.1) is 66.5 Å². The van der Waals surface area contributed by atoms with E-state index in [4.69, 9.17) is 67.8 Å². The van der Waals surface area contributed by atoms with Crippen molar-refractivity contribution in [2.75, 3.05) is 0 Å². The minimum Gasteiger partial charge on any atom is -0.508 e. The number of benzene rings is 4. The monoisotopic (exact) mass is 1930 g/mol. The Hall–Kier alpha value is -7.26. The third kappa shape index (κ3) is 52.9. The highest BCUT2D eigenvalue weighted by Crippen LogP contribution is 2.56. The van der Waals surface area contributed by atoms with Gasteiger partial charge < -0.3 is 67.8 Å². The Morgan fingerprint density at radius 2 is 0.642 bits per heavy atom. The van der Waals surface area contributed by atoms with Crippen molar-refractivity contribution in [3.63, 3.8) is 0 Å². The van der Waals surface area contributed by atoms with Gasteiger partial charge in [0.2, 0.25) is 25.2 Å². The minimum absolute atomic E-state index is 0.0508. The van der Waals surface area contributed by atoms with Crippen molar-refractivity contribution in [1.29, 1.82) is 0 Å². The molecule has 788 valence electrons. The van der Waals surface area contributed by atoms with Gasteiger partial charge in [0, 0.05) is 37.5 Å². The Kier molecular flexibility index (Phi) is 57.7. The smallest absolute Gasteiger partial charge is 0.313 e. The Labute approximate surface area is 834 Å². The van der Waals surface area contributed by atoms with Gasteiger partial charge in [-0.2, -0.15) is 0 Å². The number of phenols is 2. The summed E-state index contributed by atoms with van der Waals surface area (Å²) in [6, 6.07) is 31.9. The van der Waals surface area contributed by atoms with Crippen LogP contribution in [0.3, 0.4) is 0 Å². The van der Waals surface area contributed by atoms with Crippen LogP contribution >= 0.6 is 0 Å². The number of carboxylic acid groups (broad SMARTS) is 2. The fourth-order valence-corrected chi connectivity index (χ4v) is 14.0. The molecule has 1 aliphatic heterocycles. The molecule has 3 saturated carbocycles. The van der Waals surface area contributed by atoms with Crippen LogP contribution in [0.4, 0.5) is 0 Å². The number of esters is 4. The number of ether oxygens (including phenoxy) is 10. The number of hydrogen-bond donors (Lipinski definition) is 4. The average Bonchev–Trinajstić information content (AvgIpc) is 1.57. The Bertz CT molecular complexity index is 3850. The topological polar surface area (TPSA) is 276 Å². The van der Waals surface area contributed by atoms with E-state index >= 15 is 0 Å². The van der Waals surface area contributed by atoms with Crippen molar-refractivity contribution in [1.82, 2.24) is 0 Å². The van der Waals surface area contributed by atoms with Gasteiger partial charge in [0.05, 0.1) is 57.4 Å². The standard InChI is InChI=1S/C22H36O2.C19H32O2.2C15H30O3.C14H20O4.2C10H14O.2C6H12O2/c1-6-17(2)18-12-14-20(15-13-18)24-21(16-22(3,4)5)23-19-10-8-7-9-11-19;1-8-15(4)16-9-11-17(12-10-16)21-18(20-14(2)3)13-19(5,6)7;2*1-9-15(7,8)13(16)18-12(17-11(2)3)10-14(4,5)6;1-4-14(2,3)13(16)18-10-7-5-8-9(6-7)12(15)17-11(8)10;2*1-3-8(2)9-4-6-10(11)7-5-9;2*1-4-6(2,3)5(7)8/h12-15,17,19,21H,6-11,16H2,1-5H3;9-12,14-15,18H,8,13H2,1-7H3;2*11-12H,9-10H2,1-8H3;7-11H,4-6H2,1-3H3;2*4-8,11H,3H2,1-2H3;2*4H2,1-3H3,(H,7,8). The number of rotatable bonds is 37. The molecule has 20 heteroatoms. The molecule has 137 heavy (non-hydrogen) atoms. The first kappa shape index (κ1) is 130. The average molecular weight is 1930 g/mol. The van der Waals surface area contributed by atoms with Crippen molar-refractivity contribution in [3.05, 3.63) is 119 Å². The third-order valence-corrected chi connectivity index (χ3v) is 26.5. The summed E-state index contributed by atoms with van der Waals surface area (Å²) in [7, 11) is 0. The number of phenolic OH excluding ortho intramolecular Hbond substituents is 2. The lowest BCUT2D eigenvalue weighted by Crippen LogP contribution is -2.39. The second kappa shape index (κ2) is 60.9. The van der Waals surface area contributed by atoms with Crippen molar-refractivity contribution in [3.8, 4) is 23.0 Å². The summed E-state index contributed by atoms with van der Waals surface area (Å²) in [5, 5.41) is 34.9. The molecule has 13 unspecified atom stereocenters. The van der Waals surface area contributed by atoms with Gasteiger partial charge in [0.25, 0.3) is 0 Å². The molecule has 20 nitrogen and oxygen atoms in total. The van der Waals surface area contributed by atoms with E-state index in [1.165, 1.54) is 54.4 Å². The summed E-state index contributed by atoms with van der Waals surface area (Å²) in [4.78, 5) is 68.4. The summed E-state index contributed by atoms with van der Waals surface area (Å²) in [6.45, 7) is 83.6. The normalized spacial score (nSPS) is 18.3. The number of aromatic hydroxyl groups is 2. The first-order valence-corrected chi connectivity index (χ1v) is 52.0. The molecule has 1 saturated heterocycles. The van der Waals surface area contributed by atoms with E-state index in [2.05, 4.69) is 187 Å². The zero-order valence-electron chi connectivity index (χ0n) is 94.0. The lowest BCUT2D eigenvalue weighted by Gasteiger charge is -2.31. The van der Waals surface area contributed by atoms with Crippen LogP contribution < -0.4 is 9.47 Å².